The summed E-state index contributed by atoms with van der Waals surface area (Å²) in [5.41, 5.74) is 2.76. The second-order valence-corrected chi connectivity index (χ2v) is 6.81. The van der Waals surface area contributed by atoms with Crippen LogP contribution in [0.5, 0.6) is 0 Å². The molecule has 2 aromatic heterocycles. The van der Waals surface area contributed by atoms with Crippen molar-refractivity contribution in [2.75, 3.05) is 0 Å². The van der Waals surface area contributed by atoms with Crippen molar-refractivity contribution in [3.05, 3.63) is 28.8 Å². The standard InChI is InChI=1S/C15H18N2S/c1-10-3-2-4-11(7-10)14-15-12(5-6-18-15)13-8-16-9-17(13)14/h5-6,8-11,14H,2-4,7H2,1H3/t10-,11-,14-/m1/s1. The van der Waals surface area contributed by atoms with Gasteiger partial charge in [0.2, 0.25) is 0 Å². The van der Waals surface area contributed by atoms with E-state index in [0.29, 0.717) is 6.04 Å². The minimum atomic E-state index is 0.570. The summed E-state index contributed by atoms with van der Waals surface area (Å²) in [5.74, 6) is 1.70. The highest BCUT2D eigenvalue weighted by molar-refractivity contribution is 7.10. The first kappa shape index (κ1) is 10.8. The average Bonchev–Trinajstić information content (AvgIpc) is 2.99. The fourth-order valence-corrected chi connectivity index (χ4v) is 4.93. The molecule has 0 saturated heterocycles. The summed E-state index contributed by atoms with van der Waals surface area (Å²) in [6.07, 6.45) is 9.62. The lowest BCUT2D eigenvalue weighted by Gasteiger charge is -2.32. The number of imidazole rings is 1. The number of thiophene rings is 1. The van der Waals surface area contributed by atoms with Crippen LogP contribution in [0.2, 0.25) is 0 Å². The molecular formula is C15H18N2S. The molecule has 3 heterocycles. The summed E-state index contributed by atoms with van der Waals surface area (Å²) >= 11 is 1.93. The van der Waals surface area contributed by atoms with E-state index in [1.54, 1.807) is 4.88 Å². The second kappa shape index (κ2) is 3.95. The van der Waals surface area contributed by atoms with Crippen molar-refractivity contribution in [3.8, 4) is 11.3 Å². The molecule has 2 nitrogen and oxygen atoms in total. The van der Waals surface area contributed by atoms with Crippen molar-refractivity contribution in [1.29, 1.82) is 0 Å². The Kier molecular flexibility index (Phi) is 2.37. The molecule has 94 valence electrons. The lowest BCUT2D eigenvalue weighted by atomic mass is 9.78. The summed E-state index contributed by atoms with van der Waals surface area (Å²) in [4.78, 5) is 5.93. The van der Waals surface area contributed by atoms with Gasteiger partial charge in [-0.2, -0.15) is 0 Å². The van der Waals surface area contributed by atoms with Crippen molar-refractivity contribution in [3.63, 3.8) is 0 Å². The maximum Gasteiger partial charge on any atom is 0.0957 e. The Morgan fingerprint density at radius 1 is 1.39 bits per heavy atom. The maximum absolute atomic E-state index is 4.35. The second-order valence-electron chi connectivity index (χ2n) is 5.86. The predicted molar refractivity (Wildman–Crippen MR) is 74.8 cm³/mol. The molecule has 1 aliphatic heterocycles. The third-order valence-electron chi connectivity index (χ3n) is 4.63. The van der Waals surface area contributed by atoms with Gasteiger partial charge in [0.15, 0.2) is 0 Å². The van der Waals surface area contributed by atoms with Gasteiger partial charge in [-0.05, 0) is 36.1 Å². The zero-order chi connectivity index (χ0) is 12.1. The summed E-state index contributed by atoms with van der Waals surface area (Å²) in [6.45, 7) is 2.41. The molecule has 0 aromatic carbocycles. The van der Waals surface area contributed by atoms with E-state index in [4.69, 9.17) is 0 Å². The molecule has 3 heteroatoms. The molecule has 0 unspecified atom stereocenters. The molecule has 1 fully saturated rings. The van der Waals surface area contributed by atoms with Crippen molar-refractivity contribution >= 4 is 11.3 Å². The quantitative estimate of drug-likeness (QED) is 0.744. The molecule has 0 radical (unpaired) electrons. The number of hydrogen-bond donors (Lipinski definition) is 0. The topological polar surface area (TPSA) is 17.8 Å². The van der Waals surface area contributed by atoms with Gasteiger partial charge in [0.25, 0.3) is 0 Å². The Morgan fingerprint density at radius 3 is 3.22 bits per heavy atom. The van der Waals surface area contributed by atoms with Gasteiger partial charge in [-0.3, -0.25) is 0 Å². The Bertz CT molecular complexity index is 528. The number of hydrogen-bond acceptors (Lipinski definition) is 2. The van der Waals surface area contributed by atoms with Crippen molar-refractivity contribution in [1.82, 2.24) is 9.55 Å². The third-order valence-corrected chi connectivity index (χ3v) is 5.62. The van der Waals surface area contributed by atoms with E-state index in [1.165, 1.54) is 36.9 Å². The SMILES string of the molecule is C[C@@H]1CCC[C@@H]([C@@H]2c3sccc3-c3cncn32)C1. The molecule has 0 bridgehead atoms. The minimum absolute atomic E-state index is 0.570. The number of nitrogens with zero attached hydrogens (tertiary/aromatic N) is 2. The molecule has 3 atom stereocenters. The summed E-state index contributed by atoms with van der Waals surface area (Å²) in [5, 5.41) is 2.24. The Morgan fingerprint density at radius 2 is 2.33 bits per heavy atom. The van der Waals surface area contributed by atoms with Crippen LogP contribution in [0.15, 0.2) is 24.0 Å². The monoisotopic (exact) mass is 258 g/mol. The Hall–Kier alpha value is -1.09. The summed E-state index contributed by atoms with van der Waals surface area (Å²) in [6, 6.07) is 2.83. The molecule has 18 heavy (non-hydrogen) atoms. The van der Waals surface area contributed by atoms with Gasteiger partial charge in [0.1, 0.15) is 0 Å². The number of aromatic nitrogens is 2. The molecular weight excluding hydrogens is 240 g/mol. The molecule has 0 N–H and O–H groups in total. The van der Waals surface area contributed by atoms with Crippen LogP contribution in [0.3, 0.4) is 0 Å². The largest absolute Gasteiger partial charge is 0.322 e. The zero-order valence-electron chi connectivity index (χ0n) is 10.7. The van der Waals surface area contributed by atoms with E-state index < -0.39 is 0 Å². The van der Waals surface area contributed by atoms with E-state index in [-0.39, 0.29) is 0 Å². The van der Waals surface area contributed by atoms with Crippen LogP contribution in [0.1, 0.15) is 43.5 Å². The summed E-state index contributed by atoms with van der Waals surface area (Å²) in [7, 11) is 0. The molecule has 2 aromatic rings. The predicted octanol–water partition coefficient (Wildman–Crippen LogP) is 4.34. The first-order chi connectivity index (χ1) is 8.84. The minimum Gasteiger partial charge on any atom is -0.322 e. The fraction of sp³-hybridized carbons (Fsp3) is 0.533. The van der Waals surface area contributed by atoms with E-state index >= 15 is 0 Å². The number of rotatable bonds is 1. The number of fused-ring (bicyclic) bond motifs is 3. The van der Waals surface area contributed by atoms with Crippen molar-refractivity contribution in [2.24, 2.45) is 11.8 Å². The van der Waals surface area contributed by atoms with Gasteiger partial charge in [0.05, 0.1) is 24.3 Å². The highest BCUT2D eigenvalue weighted by Crippen LogP contribution is 2.49. The normalized spacial score (nSPS) is 30.2. The summed E-state index contributed by atoms with van der Waals surface area (Å²) < 4.78 is 2.42. The zero-order valence-corrected chi connectivity index (χ0v) is 11.5. The van der Waals surface area contributed by atoms with E-state index in [1.807, 2.05) is 23.9 Å². The van der Waals surface area contributed by atoms with Gasteiger partial charge in [0, 0.05) is 10.4 Å². The van der Waals surface area contributed by atoms with Crippen LogP contribution in [0, 0.1) is 11.8 Å². The van der Waals surface area contributed by atoms with Crippen LogP contribution < -0.4 is 0 Å². The van der Waals surface area contributed by atoms with Crippen LogP contribution in [-0.2, 0) is 0 Å². The Balaban J connectivity index is 1.77. The maximum atomic E-state index is 4.35. The fourth-order valence-electron chi connectivity index (χ4n) is 3.83. The highest BCUT2D eigenvalue weighted by atomic mass is 32.1. The van der Waals surface area contributed by atoms with Gasteiger partial charge >= 0.3 is 0 Å². The van der Waals surface area contributed by atoms with Gasteiger partial charge in [-0.15, -0.1) is 11.3 Å². The van der Waals surface area contributed by atoms with Crippen molar-refractivity contribution in [2.45, 2.75) is 38.6 Å². The third kappa shape index (κ3) is 1.43. The van der Waals surface area contributed by atoms with E-state index in [0.717, 1.165) is 11.8 Å². The lowest BCUT2D eigenvalue weighted by molar-refractivity contribution is 0.234. The Labute approximate surface area is 112 Å². The van der Waals surface area contributed by atoms with Gasteiger partial charge in [-0.25, -0.2) is 4.98 Å². The van der Waals surface area contributed by atoms with Crippen molar-refractivity contribution < 1.29 is 0 Å². The van der Waals surface area contributed by atoms with Crippen LogP contribution in [0.25, 0.3) is 11.3 Å². The van der Waals surface area contributed by atoms with Gasteiger partial charge < -0.3 is 4.57 Å². The van der Waals surface area contributed by atoms with Gasteiger partial charge in [-0.1, -0.05) is 19.8 Å². The first-order valence-electron chi connectivity index (χ1n) is 6.94. The first-order valence-corrected chi connectivity index (χ1v) is 7.82. The molecule has 4 rings (SSSR count). The molecule has 0 spiro atoms. The van der Waals surface area contributed by atoms with E-state index in [9.17, 15) is 0 Å². The van der Waals surface area contributed by atoms with Crippen LogP contribution in [-0.4, -0.2) is 9.55 Å². The molecule has 1 aliphatic carbocycles. The lowest BCUT2D eigenvalue weighted by Crippen LogP contribution is -2.22. The van der Waals surface area contributed by atoms with E-state index in [2.05, 4.69) is 27.9 Å². The molecule has 2 aliphatic rings. The average molecular weight is 258 g/mol. The smallest absolute Gasteiger partial charge is 0.0957 e. The highest BCUT2D eigenvalue weighted by Gasteiger charge is 2.36. The van der Waals surface area contributed by atoms with Crippen LogP contribution in [0.4, 0.5) is 0 Å². The molecule has 1 saturated carbocycles. The van der Waals surface area contributed by atoms with Crippen LogP contribution >= 0.6 is 11.3 Å². The molecule has 0 amide bonds.